The van der Waals surface area contributed by atoms with Gasteiger partial charge in [0.1, 0.15) is 24.0 Å². The summed E-state index contributed by atoms with van der Waals surface area (Å²) in [5.41, 5.74) is 1.38. The number of nitrogens with one attached hydrogen (secondary N) is 2. The van der Waals surface area contributed by atoms with Crippen LogP contribution >= 0.6 is 0 Å². The number of nitrogens with zero attached hydrogens (tertiary/aromatic N) is 6. The highest BCUT2D eigenvalue weighted by atomic mass is 19.1. The first-order valence-corrected chi connectivity index (χ1v) is 10.4. The van der Waals surface area contributed by atoms with Gasteiger partial charge in [-0.15, -0.1) is 0 Å². The van der Waals surface area contributed by atoms with Crippen LogP contribution in [-0.2, 0) is 4.79 Å². The SMILES string of the molecule is C=CC(=O)N1CC[C@@H](F)[C@H](Oc2nc(Nc3cnn(C4CC4)c3)nc3[nH]cc(C#N)c23)C1. The molecule has 3 aromatic heterocycles. The Kier molecular flexibility index (Phi) is 4.97. The summed E-state index contributed by atoms with van der Waals surface area (Å²) in [6.07, 6.45) is 6.39. The lowest BCUT2D eigenvalue weighted by Gasteiger charge is -2.34. The first kappa shape index (κ1) is 20.0. The number of nitriles is 1. The molecule has 2 fully saturated rings. The second-order valence-electron chi connectivity index (χ2n) is 7.90. The molecule has 11 heteroatoms. The van der Waals surface area contributed by atoms with Crippen LogP contribution in [0, 0.1) is 11.3 Å². The number of anilines is 2. The number of carbonyl (C=O) groups is 1. The van der Waals surface area contributed by atoms with Crippen LogP contribution in [0.2, 0.25) is 0 Å². The maximum absolute atomic E-state index is 14.7. The Bertz CT molecular complexity index is 1220. The van der Waals surface area contributed by atoms with Gasteiger partial charge in [-0.25, -0.2) is 4.39 Å². The highest BCUT2D eigenvalue weighted by Gasteiger charge is 2.33. The Morgan fingerprint density at radius 2 is 2.25 bits per heavy atom. The third-order valence-corrected chi connectivity index (χ3v) is 5.63. The number of likely N-dealkylation sites (tertiary alicyclic amines) is 1. The third kappa shape index (κ3) is 3.75. The van der Waals surface area contributed by atoms with Crippen LogP contribution < -0.4 is 10.1 Å². The Morgan fingerprint density at radius 1 is 1.41 bits per heavy atom. The van der Waals surface area contributed by atoms with Crippen LogP contribution in [0.5, 0.6) is 5.88 Å². The number of piperidine rings is 1. The fraction of sp³-hybridized carbons (Fsp3) is 0.381. The molecule has 1 aliphatic carbocycles. The summed E-state index contributed by atoms with van der Waals surface area (Å²) in [7, 11) is 0. The number of alkyl halides is 1. The van der Waals surface area contributed by atoms with Crippen molar-refractivity contribution < 1.29 is 13.9 Å². The normalized spacial score (nSPS) is 20.7. The summed E-state index contributed by atoms with van der Waals surface area (Å²) in [6, 6.07) is 2.50. The average Bonchev–Trinajstić information content (AvgIpc) is 3.40. The second-order valence-corrected chi connectivity index (χ2v) is 7.90. The van der Waals surface area contributed by atoms with Crippen LogP contribution in [0.25, 0.3) is 11.0 Å². The van der Waals surface area contributed by atoms with E-state index >= 15 is 0 Å². The predicted octanol–water partition coefficient (Wildman–Crippen LogP) is 2.61. The molecule has 32 heavy (non-hydrogen) atoms. The lowest BCUT2D eigenvalue weighted by atomic mass is 10.1. The number of ether oxygens (including phenoxy) is 1. The van der Waals surface area contributed by atoms with Crippen molar-refractivity contribution in [1.29, 1.82) is 5.26 Å². The number of rotatable bonds is 6. The quantitative estimate of drug-likeness (QED) is 0.569. The molecule has 2 aliphatic rings. The van der Waals surface area contributed by atoms with Crippen molar-refractivity contribution >= 4 is 28.6 Å². The first-order valence-electron chi connectivity index (χ1n) is 10.4. The fourth-order valence-corrected chi connectivity index (χ4v) is 3.77. The molecule has 0 bridgehead atoms. The van der Waals surface area contributed by atoms with Crippen molar-refractivity contribution in [2.75, 3.05) is 18.4 Å². The van der Waals surface area contributed by atoms with E-state index in [1.165, 1.54) is 17.2 Å². The summed E-state index contributed by atoms with van der Waals surface area (Å²) in [4.78, 5) is 25.3. The van der Waals surface area contributed by atoms with Gasteiger partial charge in [0.25, 0.3) is 0 Å². The number of carbonyl (C=O) groups excluding carboxylic acids is 1. The molecule has 0 radical (unpaired) electrons. The number of aromatic amines is 1. The minimum atomic E-state index is -1.29. The molecule has 0 aromatic carbocycles. The highest BCUT2D eigenvalue weighted by molar-refractivity contribution is 5.89. The van der Waals surface area contributed by atoms with E-state index in [4.69, 9.17) is 4.74 Å². The van der Waals surface area contributed by atoms with Gasteiger partial charge >= 0.3 is 0 Å². The molecule has 2 atom stereocenters. The van der Waals surface area contributed by atoms with Gasteiger partial charge in [0.2, 0.25) is 17.7 Å². The van der Waals surface area contributed by atoms with Gasteiger partial charge in [-0.2, -0.15) is 20.3 Å². The summed E-state index contributed by atoms with van der Waals surface area (Å²) in [5.74, 6) is 0.0117. The van der Waals surface area contributed by atoms with E-state index in [9.17, 15) is 14.4 Å². The predicted molar refractivity (Wildman–Crippen MR) is 113 cm³/mol. The van der Waals surface area contributed by atoms with E-state index in [-0.39, 0.29) is 42.8 Å². The van der Waals surface area contributed by atoms with Crippen LogP contribution in [0.1, 0.15) is 30.9 Å². The van der Waals surface area contributed by atoms with Gasteiger partial charge in [-0.05, 0) is 25.3 Å². The zero-order valence-corrected chi connectivity index (χ0v) is 17.2. The maximum Gasteiger partial charge on any atom is 0.246 e. The van der Waals surface area contributed by atoms with Crippen molar-refractivity contribution in [1.82, 2.24) is 29.6 Å². The summed E-state index contributed by atoms with van der Waals surface area (Å²) >= 11 is 0. The molecule has 1 saturated heterocycles. The summed E-state index contributed by atoms with van der Waals surface area (Å²) in [5, 5.41) is 17.3. The monoisotopic (exact) mass is 436 g/mol. The summed E-state index contributed by atoms with van der Waals surface area (Å²) < 4.78 is 22.5. The maximum atomic E-state index is 14.7. The number of amides is 1. The van der Waals surface area contributed by atoms with Gasteiger partial charge in [0, 0.05) is 18.9 Å². The second kappa shape index (κ2) is 7.96. The smallest absolute Gasteiger partial charge is 0.246 e. The number of aromatic nitrogens is 5. The van der Waals surface area contributed by atoms with Crippen LogP contribution in [0.3, 0.4) is 0 Å². The van der Waals surface area contributed by atoms with Crippen LogP contribution in [0.4, 0.5) is 16.0 Å². The molecule has 10 nitrogen and oxygen atoms in total. The topological polar surface area (TPSA) is 125 Å². The molecule has 5 rings (SSSR count). The van der Waals surface area contributed by atoms with E-state index in [1.54, 1.807) is 6.20 Å². The Labute approximate surface area is 182 Å². The minimum Gasteiger partial charge on any atom is -0.469 e. The molecular formula is C21H21FN8O2. The number of H-pyrrole nitrogens is 1. The molecule has 2 N–H and O–H groups in total. The molecule has 0 unspecified atom stereocenters. The first-order chi connectivity index (χ1) is 15.6. The lowest BCUT2D eigenvalue weighted by Crippen LogP contribution is -2.49. The average molecular weight is 436 g/mol. The van der Waals surface area contributed by atoms with Crippen LogP contribution in [0.15, 0.2) is 31.2 Å². The minimum absolute atomic E-state index is 0.0563. The standard InChI is InChI=1S/C21H21FN8O2/c1-2-17(31)29-6-5-15(22)16(11-29)32-20-18-12(7-23)8-24-19(18)27-21(28-20)26-13-9-25-30(10-13)14-3-4-14/h2,8-10,14-16H,1,3-6,11H2,(H2,24,26,27,28)/t15-,16-/m1/s1. The van der Waals surface area contributed by atoms with Crippen molar-refractivity contribution in [2.24, 2.45) is 0 Å². The fourth-order valence-electron chi connectivity index (χ4n) is 3.77. The van der Waals surface area contributed by atoms with E-state index < -0.39 is 12.3 Å². The Hall–Kier alpha value is -3.94. The van der Waals surface area contributed by atoms with Gasteiger partial charge in [-0.1, -0.05) is 6.58 Å². The van der Waals surface area contributed by atoms with E-state index in [2.05, 4.69) is 38.0 Å². The van der Waals surface area contributed by atoms with E-state index in [0.29, 0.717) is 22.8 Å². The molecule has 164 valence electrons. The van der Waals surface area contributed by atoms with Gasteiger partial charge < -0.3 is 19.9 Å². The largest absolute Gasteiger partial charge is 0.469 e. The molecular weight excluding hydrogens is 415 g/mol. The zero-order chi connectivity index (χ0) is 22.2. The molecule has 1 saturated carbocycles. The molecule has 4 heterocycles. The van der Waals surface area contributed by atoms with Crippen molar-refractivity contribution in [3.63, 3.8) is 0 Å². The molecule has 1 amide bonds. The Balaban J connectivity index is 1.45. The Morgan fingerprint density at radius 3 is 3.00 bits per heavy atom. The number of hydrogen-bond donors (Lipinski definition) is 2. The van der Waals surface area contributed by atoms with Gasteiger partial charge in [0.05, 0.1) is 35.4 Å². The number of hydrogen-bond acceptors (Lipinski definition) is 7. The van der Waals surface area contributed by atoms with E-state index in [1.807, 2.05) is 10.9 Å². The van der Waals surface area contributed by atoms with E-state index in [0.717, 1.165) is 12.8 Å². The van der Waals surface area contributed by atoms with Crippen molar-refractivity contribution in [3.8, 4) is 11.9 Å². The van der Waals surface area contributed by atoms with Gasteiger partial charge in [0.15, 0.2) is 0 Å². The summed E-state index contributed by atoms with van der Waals surface area (Å²) in [6.45, 7) is 3.83. The molecule has 3 aromatic rings. The van der Waals surface area contributed by atoms with Crippen molar-refractivity contribution in [2.45, 2.75) is 37.6 Å². The zero-order valence-electron chi connectivity index (χ0n) is 17.2. The number of halogens is 1. The third-order valence-electron chi connectivity index (χ3n) is 5.63. The lowest BCUT2D eigenvalue weighted by molar-refractivity contribution is -0.130. The molecule has 0 spiro atoms. The number of fused-ring (bicyclic) bond motifs is 1. The highest BCUT2D eigenvalue weighted by Crippen LogP contribution is 2.35. The van der Waals surface area contributed by atoms with Gasteiger partial charge in [-0.3, -0.25) is 9.48 Å². The molecule has 1 aliphatic heterocycles. The van der Waals surface area contributed by atoms with Crippen molar-refractivity contribution in [3.05, 3.63) is 36.8 Å². The van der Waals surface area contributed by atoms with Crippen LogP contribution in [-0.4, -0.2) is 60.9 Å².